The number of nitro benzene ring substituents is 1. The van der Waals surface area contributed by atoms with Crippen LogP contribution in [0.25, 0.3) is 6.08 Å². The number of hydrogen-bond acceptors (Lipinski definition) is 7. The second-order valence-corrected chi connectivity index (χ2v) is 5.98. The van der Waals surface area contributed by atoms with Crippen molar-refractivity contribution in [1.82, 2.24) is 5.01 Å². The van der Waals surface area contributed by atoms with E-state index >= 15 is 0 Å². The molecule has 1 aromatic rings. The average Bonchev–Trinajstić information content (AvgIpc) is 2.91. The van der Waals surface area contributed by atoms with Crippen LogP contribution in [0, 0.1) is 15.5 Å². The summed E-state index contributed by atoms with van der Waals surface area (Å²) in [6.07, 6.45) is 1.35. The third-order valence-electron chi connectivity index (χ3n) is 3.28. The van der Waals surface area contributed by atoms with E-state index in [2.05, 4.69) is 10.1 Å². The SMILES string of the molecule is COc1ccc([N+](=O)[O-])cc1/C=C1\C(=N)N2N=C(C)SC2=NC1=O. The minimum atomic E-state index is -0.600. The van der Waals surface area contributed by atoms with Gasteiger partial charge in [0, 0.05) is 17.7 Å². The number of nitro groups is 1. The number of ether oxygens (including phenoxy) is 1. The molecular formula is C14H11N5O4S. The normalized spacial score (nSPS) is 18.4. The molecule has 3 rings (SSSR count). The van der Waals surface area contributed by atoms with E-state index in [1.54, 1.807) is 6.92 Å². The van der Waals surface area contributed by atoms with Gasteiger partial charge in [0.1, 0.15) is 5.75 Å². The van der Waals surface area contributed by atoms with Crippen LogP contribution in [-0.2, 0) is 4.79 Å². The fraction of sp³-hybridized carbons (Fsp3) is 0.143. The first-order valence-electron chi connectivity index (χ1n) is 6.70. The highest BCUT2D eigenvalue weighted by Crippen LogP contribution is 2.30. The molecule has 0 unspecified atom stereocenters. The van der Waals surface area contributed by atoms with Crippen LogP contribution in [0.3, 0.4) is 0 Å². The standard InChI is InChI=1S/C14H11N5O4S/c1-7-17-18-12(15)10(13(20)16-14(18)24-7)6-8-5-9(19(21)22)3-4-11(8)23-2/h3-6,15H,1-2H3/b10-6+,15-12?. The second kappa shape index (κ2) is 5.89. The maximum Gasteiger partial charge on any atom is 0.283 e. The van der Waals surface area contributed by atoms with E-state index in [-0.39, 0.29) is 17.1 Å². The Labute approximate surface area is 140 Å². The molecule has 24 heavy (non-hydrogen) atoms. The first kappa shape index (κ1) is 15.9. The zero-order chi connectivity index (χ0) is 17.4. The maximum atomic E-state index is 12.2. The largest absolute Gasteiger partial charge is 0.496 e. The molecule has 2 aliphatic heterocycles. The first-order chi connectivity index (χ1) is 11.4. The van der Waals surface area contributed by atoms with Crippen molar-refractivity contribution in [1.29, 1.82) is 5.41 Å². The van der Waals surface area contributed by atoms with E-state index in [4.69, 9.17) is 10.1 Å². The van der Waals surface area contributed by atoms with Crippen LogP contribution in [-0.4, -0.2) is 39.0 Å². The summed E-state index contributed by atoms with van der Waals surface area (Å²) in [4.78, 5) is 26.5. The van der Waals surface area contributed by atoms with Gasteiger partial charge in [-0.25, -0.2) is 0 Å². The van der Waals surface area contributed by atoms with E-state index in [9.17, 15) is 14.9 Å². The lowest BCUT2D eigenvalue weighted by atomic mass is 10.1. The number of carbonyl (C=O) groups excluding carboxylic acids is 1. The van der Waals surface area contributed by atoms with E-state index < -0.39 is 10.8 Å². The number of nitrogens with one attached hydrogen (secondary N) is 1. The Balaban J connectivity index is 2.08. The predicted octanol–water partition coefficient (Wildman–Crippen LogP) is 2.24. The minimum absolute atomic E-state index is 0.0170. The zero-order valence-electron chi connectivity index (χ0n) is 12.6. The van der Waals surface area contributed by atoms with E-state index in [0.717, 1.165) is 0 Å². The predicted molar refractivity (Wildman–Crippen MR) is 90.3 cm³/mol. The quantitative estimate of drug-likeness (QED) is 0.509. The number of carbonyl (C=O) groups is 1. The molecule has 0 aliphatic carbocycles. The molecule has 1 amide bonds. The van der Waals surface area contributed by atoms with Crippen LogP contribution in [0.2, 0.25) is 0 Å². The number of benzene rings is 1. The molecule has 0 fully saturated rings. The molecule has 2 heterocycles. The molecule has 2 aliphatic rings. The van der Waals surface area contributed by atoms with Gasteiger partial charge in [0.25, 0.3) is 11.6 Å². The lowest BCUT2D eigenvalue weighted by Gasteiger charge is -2.20. The zero-order valence-corrected chi connectivity index (χ0v) is 13.5. The number of amidine groups is 2. The molecule has 10 heteroatoms. The van der Waals surface area contributed by atoms with Gasteiger partial charge in [0.05, 0.1) is 22.6 Å². The molecule has 9 nitrogen and oxygen atoms in total. The Kier molecular flexibility index (Phi) is 3.89. The average molecular weight is 345 g/mol. The third kappa shape index (κ3) is 2.67. The molecule has 0 atom stereocenters. The van der Waals surface area contributed by atoms with Crippen molar-refractivity contribution in [2.45, 2.75) is 6.92 Å². The molecule has 0 saturated heterocycles. The lowest BCUT2D eigenvalue weighted by molar-refractivity contribution is -0.384. The molecule has 0 aromatic heterocycles. The molecule has 0 spiro atoms. The fourth-order valence-corrected chi connectivity index (χ4v) is 2.93. The summed E-state index contributed by atoms with van der Waals surface area (Å²) < 4.78 is 5.17. The van der Waals surface area contributed by atoms with Gasteiger partial charge >= 0.3 is 0 Å². The van der Waals surface area contributed by atoms with Crippen molar-refractivity contribution in [2.75, 3.05) is 7.11 Å². The van der Waals surface area contributed by atoms with Crippen LogP contribution in [0.4, 0.5) is 5.69 Å². The molecule has 0 bridgehead atoms. The van der Waals surface area contributed by atoms with Crippen LogP contribution >= 0.6 is 11.8 Å². The van der Waals surface area contributed by atoms with Crippen LogP contribution in [0.1, 0.15) is 12.5 Å². The van der Waals surface area contributed by atoms with Gasteiger partial charge in [0.15, 0.2) is 5.84 Å². The van der Waals surface area contributed by atoms with Gasteiger partial charge in [0.2, 0.25) is 5.17 Å². The fourth-order valence-electron chi connectivity index (χ4n) is 2.19. The molecular weight excluding hydrogens is 334 g/mol. The Bertz CT molecular complexity index is 874. The number of hydrogen-bond donors (Lipinski definition) is 1. The molecule has 0 radical (unpaired) electrons. The van der Waals surface area contributed by atoms with E-state index in [1.165, 1.54) is 48.2 Å². The highest BCUT2D eigenvalue weighted by atomic mass is 32.2. The van der Waals surface area contributed by atoms with Crippen LogP contribution in [0.15, 0.2) is 33.9 Å². The highest BCUT2D eigenvalue weighted by molar-refractivity contribution is 8.26. The molecule has 122 valence electrons. The van der Waals surface area contributed by atoms with Crippen molar-refractivity contribution in [3.8, 4) is 5.75 Å². The van der Waals surface area contributed by atoms with Crippen LogP contribution < -0.4 is 4.74 Å². The van der Waals surface area contributed by atoms with E-state index in [0.29, 0.717) is 21.5 Å². The van der Waals surface area contributed by atoms with Crippen molar-refractivity contribution in [2.24, 2.45) is 10.1 Å². The summed E-state index contributed by atoms with van der Waals surface area (Å²) in [5.74, 6) is -0.390. The number of fused-ring (bicyclic) bond motifs is 1. The van der Waals surface area contributed by atoms with Gasteiger partial charge in [-0.2, -0.15) is 15.1 Å². The van der Waals surface area contributed by atoms with Gasteiger partial charge < -0.3 is 4.74 Å². The summed E-state index contributed by atoms with van der Waals surface area (Å²) in [5.41, 5.74) is 0.148. The number of non-ortho nitro benzene ring substituents is 1. The summed E-state index contributed by atoms with van der Waals surface area (Å²) in [6.45, 7) is 1.75. The Hall–Kier alpha value is -3.01. The highest BCUT2D eigenvalue weighted by Gasteiger charge is 2.34. The van der Waals surface area contributed by atoms with Gasteiger partial charge in [-0.3, -0.25) is 20.3 Å². The van der Waals surface area contributed by atoms with Crippen molar-refractivity contribution >= 4 is 45.5 Å². The number of amides is 1. The van der Waals surface area contributed by atoms with E-state index in [1.807, 2.05) is 0 Å². The summed E-state index contributed by atoms with van der Waals surface area (Å²) >= 11 is 1.20. The Morgan fingerprint density at radius 2 is 2.21 bits per heavy atom. The Morgan fingerprint density at radius 3 is 2.88 bits per heavy atom. The number of hydrazone groups is 1. The number of thioether (sulfide) groups is 1. The van der Waals surface area contributed by atoms with Crippen LogP contribution in [0.5, 0.6) is 5.75 Å². The molecule has 1 aromatic carbocycles. The molecule has 1 N–H and O–H groups in total. The number of nitrogens with zero attached hydrogens (tertiary/aromatic N) is 4. The minimum Gasteiger partial charge on any atom is -0.496 e. The number of methoxy groups -OCH3 is 1. The second-order valence-electron chi connectivity index (χ2n) is 4.82. The topological polar surface area (TPSA) is 121 Å². The lowest BCUT2D eigenvalue weighted by Crippen LogP contribution is -2.35. The van der Waals surface area contributed by atoms with Crippen molar-refractivity contribution in [3.05, 3.63) is 39.4 Å². The summed E-state index contributed by atoms with van der Waals surface area (Å²) in [6, 6.07) is 4.01. The van der Waals surface area contributed by atoms with Gasteiger partial charge in [-0.1, -0.05) is 0 Å². The van der Waals surface area contributed by atoms with Crippen molar-refractivity contribution < 1.29 is 14.5 Å². The van der Waals surface area contributed by atoms with Gasteiger partial charge in [-0.15, -0.1) is 0 Å². The number of rotatable bonds is 3. The summed E-state index contributed by atoms with van der Waals surface area (Å²) in [7, 11) is 1.41. The smallest absolute Gasteiger partial charge is 0.283 e. The van der Waals surface area contributed by atoms with Gasteiger partial charge in [-0.05, 0) is 30.8 Å². The maximum absolute atomic E-state index is 12.2. The summed E-state index contributed by atoms with van der Waals surface area (Å²) in [5, 5.41) is 25.5. The van der Waals surface area contributed by atoms with Crippen molar-refractivity contribution in [3.63, 3.8) is 0 Å². The number of aliphatic imine (C=N–C) groups is 1. The monoisotopic (exact) mass is 345 g/mol. The Morgan fingerprint density at radius 1 is 1.46 bits per heavy atom. The molecule has 0 saturated carbocycles. The first-order valence-corrected chi connectivity index (χ1v) is 7.51. The third-order valence-corrected chi connectivity index (χ3v) is 4.10.